The highest BCUT2D eigenvalue weighted by Gasteiger charge is 2.19. The molecule has 0 spiro atoms. The number of carbonyl (C=O) groups is 1. The topological polar surface area (TPSA) is 62.6 Å². The van der Waals surface area contributed by atoms with E-state index in [1.54, 1.807) is 4.68 Å². The molecule has 1 amide bonds. The van der Waals surface area contributed by atoms with Crippen LogP contribution >= 0.6 is 0 Å². The van der Waals surface area contributed by atoms with Crippen LogP contribution in [0.15, 0.2) is 79.1 Å². The van der Waals surface area contributed by atoms with E-state index in [-0.39, 0.29) is 11.9 Å². The lowest BCUT2D eigenvalue weighted by molar-refractivity contribution is 0.0939. The maximum atomic E-state index is 13.5. The Bertz CT molecular complexity index is 1420. The molecule has 0 unspecified atom stereocenters. The van der Waals surface area contributed by atoms with Gasteiger partial charge in [0, 0.05) is 56.2 Å². The van der Waals surface area contributed by atoms with Crippen molar-refractivity contribution in [1.29, 1.82) is 0 Å². The van der Waals surface area contributed by atoms with E-state index in [0.717, 1.165) is 65.4 Å². The smallest absolute Gasteiger partial charge is 0.252 e. The molecule has 0 radical (unpaired) electrons. The molecule has 5 rings (SSSR count). The van der Waals surface area contributed by atoms with Crippen molar-refractivity contribution in [3.05, 3.63) is 101 Å². The van der Waals surface area contributed by atoms with Gasteiger partial charge in [-0.3, -0.25) is 9.48 Å². The van der Waals surface area contributed by atoms with Gasteiger partial charge >= 0.3 is 0 Å². The number of nitrogens with one attached hydrogen (secondary N) is 1. The second kappa shape index (κ2) is 11.7. The highest BCUT2D eigenvalue weighted by molar-refractivity contribution is 5.97. The number of rotatable bonds is 8. The zero-order valence-electron chi connectivity index (χ0n) is 23.2. The monoisotopic (exact) mass is 523 g/mol. The molecule has 7 heteroatoms. The highest BCUT2D eigenvalue weighted by Crippen LogP contribution is 2.30. The van der Waals surface area contributed by atoms with E-state index in [4.69, 9.17) is 4.74 Å². The molecule has 7 nitrogen and oxygen atoms in total. The number of hydrogen-bond acceptors (Lipinski definition) is 5. The minimum absolute atomic E-state index is 0.0745. The van der Waals surface area contributed by atoms with Crippen molar-refractivity contribution in [3.8, 4) is 16.9 Å². The van der Waals surface area contributed by atoms with Gasteiger partial charge in [0.2, 0.25) is 0 Å². The van der Waals surface area contributed by atoms with Crippen molar-refractivity contribution in [3.63, 3.8) is 0 Å². The van der Waals surface area contributed by atoms with Gasteiger partial charge in [-0.25, -0.2) is 0 Å². The molecule has 202 valence electrons. The zero-order valence-corrected chi connectivity index (χ0v) is 23.2. The number of ether oxygens (including phenoxy) is 1. The number of aromatic nitrogens is 2. The van der Waals surface area contributed by atoms with Crippen LogP contribution in [-0.2, 0) is 13.7 Å². The van der Waals surface area contributed by atoms with Crippen LogP contribution in [0.1, 0.15) is 40.0 Å². The Morgan fingerprint density at radius 3 is 2.46 bits per heavy atom. The summed E-state index contributed by atoms with van der Waals surface area (Å²) in [6.07, 6.45) is 3.83. The van der Waals surface area contributed by atoms with Crippen LogP contribution in [0.5, 0.6) is 5.75 Å². The van der Waals surface area contributed by atoms with Gasteiger partial charge in [0.1, 0.15) is 12.4 Å². The van der Waals surface area contributed by atoms with Gasteiger partial charge in [-0.15, -0.1) is 0 Å². The zero-order chi connectivity index (χ0) is 27.4. The summed E-state index contributed by atoms with van der Waals surface area (Å²) in [6, 6.07) is 22.2. The Kier molecular flexibility index (Phi) is 7.98. The van der Waals surface area contributed by atoms with Gasteiger partial charge in [-0.1, -0.05) is 36.4 Å². The number of carbonyl (C=O) groups excluding carboxylic acids is 1. The third kappa shape index (κ3) is 6.49. The first kappa shape index (κ1) is 26.5. The number of piperazine rings is 1. The number of hydrogen-bond donors (Lipinski definition) is 1. The van der Waals surface area contributed by atoms with Gasteiger partial charge in [-0.05, 0) is 73.5 Å². The first-order valence-electron chi connectivity index (χ1n) is 13.5. The summed E-state index contributed by atoms with van der Waals surface area (Å²) in [5, 5.41) is 7.57. The second-order valence-electron chi connectivity index (χ2n) is 10.5. The summed E-state index contributed by atoms with van der Waals surface area (Å²) in [5.74, 6) is 0.680. The van der Waals surface area contributed by atoms with Crippen LogP contribution in [0.25, 0.3) is 11.1 Å². The van der Waals surface area contributed by atoms with Crippen LogP contribution in [0.4, 0.5) is 5.69 Å². The van der Waals surface area contributed by atoms with Crippen LogP contribution in [0, 0.1) is 6.92 Å². The van der Waals surface area contributed by atoms with E-state index in [0.29, 0.717) is 12.2 Å². The van der Waals surface area contributed by atoms with Crippen LogP contribution in [0.2, 0.25) is 0 Å². The minimum atomic E-state index is -0.222. The molecule has 1 aromatic heterocycles. The summed E-state index contributed by atoms with van der Waals surface area (Å²) in [7, 11) is 4.05. The molecule has 39 heavy (non-hydrogen) atoms. The Labute approximate surface area is 231 Å². The normalized spacial score (nSPS) is 14.7. The van der Waals surface area contributed by atoms with Crippen LogP contribution in [0.3, 0.4) is 0 Å². The second-order valence-corrected chi connectivity index (χ2v) is 10.5. The molecule has 0 aliphatic carbocycles. The standard InChI is InChI=1S/C32H37N5O2/c1-23-10-11-29(37-14-12-35(3)13-15-37)19-31(23)32(38)34-24(2)26-16-27(28-20-33-36(4)21-28)18-30(17-26)39-22-25-8-6-5-7-9-25/h5-11,16-21,24H,12-15,22H2,1-4H3,(H,34,38)/t24-/m1/s1. The number of likely N-dealkylation sites (N-methyl/N-ethyl adjacent to an activating group) is 1. The Morgan fingerprint density at radius 1 is 0.974 bits per heavy atom. The average molecular weight is 524 g/mol. The molecule has 1 atom stereocenters. The highest BCUT2D eigenvalue weighted by atomic mass is 16.5. The predicted molar refractivity (Wildman–Crippen MR) is 156 cm³/mol. The van der Waals surface area contributed by atoms with Crippen LogP contribution in [-0.4, -0.2) is 53.8 Å². The number of nitrogens with zero attached hydrogens (tertiary/aromatic N) is 4. The van der Waals surface area contributed by atoms with Crippen molar-refractivity contribution in [2.45, 2.75) is 26.5 Å². The van der Waals surface area contributed by atoms with Gasteiger partial charge in [0.15, 0.2) is 0 Å². The first-order valence-corrected chi connectivity index (χ1v) is 13.5. The third-order valence-corrected chi connectivity index (χ3v) is 7.40. The van der Waals surface area contributed by atoms with E-state index < -0.39 is 0 Å². The Morgan fingerprint density at radius 2 is 1.74 bits per heavy atom. The lowest BCUT2D eigenvalue weighted by Crippen LogP contribution is -2.44. The van der Waals surface area contributed by atoms with E-state index in [1.165, 1.54) is 0 Å². The molecule has 1 fully saturated rings. The lowest BCUT2D eigenvalue weighted by atomic mass is 10.0. The van der Waals surface area contributed by atoms with Gasteiger partial charge in [0.05, 0.1) is 12.2 Å². The maximum Gasteiger partial charge on any atom is 0.252 e. The number of anilines is 1. The molecule has 1 N–H and O–H groups in total. The summed E-state index contributed by atoms with van der Waals surface area (Å²) in [5.41, 5.74) is 6.84. The average Bonchev–Trinajstić information content (AvgIpc) is 3.39. The van der Waals surface area contributed by atoms with Crippen molar-refractivity contribution >= 4 is 11.6 Å². The van der Waals surface area contributed by atoms with Crippen molar-refractivity contribution in [1.82, 2.24) is 20.0 Å². The Hall–Kier alpha value is -4.10. The van der Waals surface area contributed by atoms with Crippen molar-refractivity contribution in [2.75, 3.05) is 38.1 Å². The van der Waals surface area contributed by atoms with Gasteiger partial charge in [0.25, 0.3) is 5.91 Å². The van der Waals surface area contributed by atoms with Gasteiger partial charge < -0.3 is 19.9 Å². The van der Waals surface area contributed by atoms with Crippen LogP contribution < -0.4 is 15.0 Å². The SMILES string of the molecule is Cc1ccc(N2CCN(C)CC2)cc1C(=O)N[C@H](C)c1cc(OCc2ccccc2)cc(-c2cnn(C)c2)c1. The fraction of sp³-hybridized carbons (Fsp3) is 0.312. The number of amides is 1. The van der Waals surface area contributed by atoms with Crippen molar-refractivity contribution in [2.24, 2.45) is 7.05 Å². The molecule has 1 aliphatic heterocycles. The first-order chi connectivity index (χ1) is 18.9. The molecule has 0 saturated carbocycles. The summed E-state index contributed by atoms with van der Waals surface area (Å²) in [4.78, 5) is 18.2. The third-order valence-electron chi connectivity index (χ3n) is 7.40. The summed E-state index contributed by atoms with van der Waals surface area (Å²) < 4.78 is 7.99. The van der Waals surface area contributed by atoms with E-state index in [1.807, 2.05) is 87.9 Å². The quantitative estimate of drug-likeness (QED) is 0.343. The maximum absolute atomic E-state index is 13.5. The molecule has 4 aromatic rings. The predicted octanol–water partition coefficient (Wildman–Crippen LogP) is 5.22. The van der Waals surface area contributed by atoms with E-state index in [2.05, 4.69) is 39.4 Å². The fourth-order valence-electron chi connectivity index (χ4n) is 4.91. The molecule has 3 aromatic carbocycles. The van der Waals surface area contributed by atoms with E-state index >= 15 is 0 Å². The molecule has 0 bridgehead atoms. The minimum Gasteiger partial charge on any atom is -0.489 e. The fourth-order valence-corrected chi connectivity index (χ4v) is 4.91. The number of benzene rings is 3. The molecule has 1 saturated heterocycles. The van der Waals surface area contributed by atoms with Gasteiger partial charge in [-0.2, -0.15) is 5.10 Å². The Balaban J connectivity index is 1.37. The molecule has 2 heterocycles. The van der Waals surface area contributed by atoms with E-state index in [9.17, 15) is 4.79 Å². The summed E-state index contributed by atoms with van der Waals surface area (Å²) >= 11 is 0. The molecular formula is C32H37N5O2. The van der Waals surface area contributed by atoms with Crippen molar-refractivity contribution < 1.29 is 9.53 Å². The largest absolute Gasteiger partial charge is 0.489 e. The lowest BCUT2D eigenvalue weighted by Gasteiger charge is -2.34. The molecule has 1 aliphatic rings. The molecular weight excluding hydrogens is 486 g/mol. The summed E-state index contributed by atoms with van der Waals surface area (Å²) in [6.45, 7) is 8.44. The number of aryl methyl sites for hydroxylation is 2.